The fourth-order valence-corrected chi connectivity index (χ4v) is 4.07. The molecule has 202 valence electrons. The molecule has 1 aromatic rings. The first-order valence-corrected chi connectivity index (χ1v) is 12.5. The molecule has 4 N–H and O–H groups in total. The molecular formula is C28H40N4O5. The van der Waals surface area contributed by atoms with Crippen LogP contribution in [0.5, 0.6) is 0 Å². The van der Waals surface area contributed by atoms with Crippen LogP contribution in [0.25, 0.3) is 0 Å². The summed E-state index contributed by atoms with van der Waals surface area (Å²) in [5.41, 5.74) is 4.97. The molecule has 1 aromatic carbocycles. The highest BCUT2D eigenvalue weighted by atomic mass is 16.6. The van der Waals surface area contributed by atoms with Crippen molar-refractivity contribution >= 4 is 23.8 Å². The molecule has 1 aliphatic rings. The Morgan fingerprint density at radius 3 is 2.24 bits per heavy atom. The fourth-order valence-electron chi connectivity index (χ4n) is 4.07. The Labute approximate surface area is 219 Å². The summed E-state index contributed by atoms with van der Waals surface area (Å²) in [5.74, 6) is 1.22. The zero-order valence-corrected chi connectivity index (χ0v) is 22.9. The van der Waals surface area contributed by atoms with Crippen molar-refractivity contribution in [3.8, 4) is 12.3 Å². The van der Waals surface area contributed by atoms with Crippen molar-refractivity contribution in [2.75, 3.05) is 0 Å². The average molecular weight is 513 g/mol. The quantitative estimate of drug-likeness (QED) is 0.438. The van der Waals surface area contributed by atoms with E-state index < -0.39 is 47.0 Å². The van der Waals surface area contributed by atoms with Crippen LogP contribution < -0.4 is 16.4 Å². The second-order valence-corrected chi connectivity index (χ2v) is 11.6. The van der Waals surface area contributed by atoms with Gasteiger partial charge in [-0.1, -0.05) is 31.0 Å². The van der Waals surface area contributed by atoms with E-state index in [0.29, 0.717) is 17.5 Å². The second kappa shape index (κ2) is 11.7. The standard InChI is InChI=1S/C28H40N4O5/c1-9-18-12-10-11-13-19(18)23(24(34)31-27(3,4)5)32(21-16-17(21)2)25(35)20(14-15-22(29)33)30-26(36)37-28(6,7)8/h1,10-13,17,20-21,23H,14-16H2,2-8H3,(H2,29,33)(H,30,36)(H,31,34). The van der Waals surface area contributed by atoms with Gasteiger partial charge in [0.1, 0.15) is 17.7 Å². The molecule has 9 nitrogen and oxygen atoms in total. The molecule has 0 aliphatic heterocycles. The van der Waals surface area contributed by atoms with E-state index in [1.165, 1.54) is 4.90 Å². The number of benzene rings is 1. The third-order valence-corrected chi connectivity index (χ3v) is 5.78. The molecule has 0 aromatic heterocycles. The molecule has 9 heteroatoms. The predicted molar refractivity (Wildman–Crippen MR) is 141 cm³/mol. The number of alkyl carbamates (subject to hydrolysis) is 1. The maximum Gasteiger partial charge on any atom is 0.408 e. The molecule has 0 saturated heterocycles. The molecular weight excluding hydrogens is 472 g/mol. The van der Waals surface area contributed by atoms with Gasteiger partial charge in [-0.25, -0.2) is 4.79 Å². The Morgan fingerprint density at radius 2 is 1.76 bits per heavy atom. The van der Waals surface area contributed by atoms with Gasteiger partial charge < -0.3 is 26.0 Å². The highest BCUT2D eigenvalue weighted by Crippen LogP contribution is 2.41. The molecule has 1 aliphatic carbocycles. The number of rotatable bonds is 9. The van der Waals surface area contributed by atoms with Crippen LogP contribution in [0.3, 0.4) is 0 Å². The van der Waals surface area contributed by atoms with Crippen molar-refractivity contribution in [3.05, 3.63) is 35.4 Å². The van der Waals surface area contributed by atoms with Crippen molar-refractivity contribution < 1.29 is 23.9 Å². The molecule has 37 heavy (non-hydrogen) atoms. The Hall–Kier alpha value is -3.54. The zero-order chi connectivity index (χ0) is 28.1. The lowest BCUT2D eigenvalue weighted by molar-refractivity contribution is -0.144. The van der Waals surface area contributed by atoms with E-state index in [9.17, 15) is 19.2 Å². The third-order valence-electron chi connectivity index (χ3n) is 5.78. The van der Waals surface area contributed by atoms with Gasteiger partial charge in [-0.3, -0.25) is 14.4 Å². The number of amides is 4. The van der Waals surface area contributed by atoms with Crippen LogP contribution in [0.1, 0.15) is 84.9 Å². The van der Waals surface area contributed by atoms with Gasteiger partial charge in [0.05, 0.1) is 0 Å². The SMILES string of the molecule is C#Cc1ccccc1C(C(=O)NC(C)(C)C)N(C(=O)C(CCC(N)=O)NC(=O)OC(C)(C)C)C1CC1C. The summed E-state index contributed by atoms with van der Waals surface area (Å²) in [4.78, 5) is 53.6. The van der Waals surface area contributed by atoms with E-state index >= 15 is 0 Å². The zero-order valence-electron chi connectivity index (χ0n) is 22.9. The van der Waals surface area contributed by atoms with Gasteiger partial charge in [-0.05, 0) is 71.9 Å². The smallest absolute Gasteiger partial charge is 0.408 e. The minimum Gasteiger partial charge on any atom is -0.444 e. The summed E-state index contributed by atoms with van der Waals surface area (Å²) in [5, 5.41) is 5.57. The minimum absolute atomic E-state index is 0.0462. The number of carbonyl (C=O) groups excluding carboxylic acids is 4. The molecule has 0 bridgehead atoms. The summed E-state index contributed by atoms with van der Waals surface area (Å²) in [7, 11) is 0. The van der Waals surface area contributed by atoms with Crippen LogP contribution in [0.4, 0.5) is 4.79 Å². The van der Waals surface area contributed by atoms with Crippen LogP contribution in [0.2, 0.25) is 0 Å². The molecule has 4 atom stereocenters. The first-order valence-electron chi connectivity index (χ1n) is 12.5. The molecule has 0 heterocycles. The fraction of sp³-hybridized carbons (Fsp3) is 0.571. The molecule has 2 rings (SSSR count). The Kier molecular flexibility index (Phi) is 9.37. The van der Waals surface area contributed by atoms with Crippen molar-refractivity contribution in [1.29, 1.82) is 0 Å². The second-order valence-electron chi connectivity index (χ2n) is 11.6. The predicted octanol–water partition coefficient (Wildman–Crippen LogP) is 3.02. The van der Waals surface area contributed by atoms with Crippen LogP contribution in [-0.2, 0) is 19.1 Å². The van der Waals surface area contributed by atoms with E-state index in [0.717, 1.165) is 0 Å². The van der Waals surface area contributed by atoms with Crippen molar-refractivity contribution in [2.45, 2.75) is 97.0 Å². The lowest BCUT2D eigenvalue weighted by atomic mass is 9.95. The summed E-state index contributed by atoms with van der Waals surface area (Å²) < 4.78 is 5.35. The topological polar surface area (TPSA) is 131 Å². The van der Waals surface area contributed by atoms with Crippen molar-refractivity contribution in [1.82, 2.24) is 15.5 Å². The number of hydrogen-bond acceptors (Lipinski definition) is 5. The normalized spacial score (nSPS) is 18.5. The van der Waals surface area contributed by atoms with Gasteiger partial charge in [-0.15, -0.1) is 6.42 Å². The van der Waals surface area contributed by atoms with Crippen molar-refractivity contribution in [2.24, 2.45) is 11.7 Å². The van der Waals surface area contributed by atoms with E-state index in [-0.39, 0.29) is 24.8 Å². The van der Waals surface area contributed by atoms with Crippen LogP contribution in [-0.4, -0.2) is 51.9 Å². The van der Waals surface area contributed by atoms with Gasteiger partial charge in [0.15, 0.2) is 0 Å². The van der Waals surface area contributed by atoms with E-state index in [2.05, 4.69) is 16.6 Å². The third kappa shape index (κ3) is 8.81. The molecule has 1 saturated carbocycles. The molecule has 1 fully saturated rings. The minimum atomic E-state index is -1.14. The van der Waals surface area contributed by atoms with E-state index in [1.807, 2.05) is 27.7 Å². The Morgan fingerprint density at radius 1 is 1.16 bits per heavy atom. The van der Waals surface area contributed by atoms with Crippen molar-refractivity contribution in [3.63, 3.8) is 0 Å². The average Bonchev–Trinajstić information content (AvgIpc) is 3.47. The van der Waals surface area contributed by atoms with Gasteiger partial charge in [0, 0.05) is 23.6 Å². The first-order chi connectivity index (χ1) is 17.0. The number of hydrogen-bond donors (Lipinski definition) is 3. The van der Waals surface area contributed by atoms with E-state index in [4.69, 9.17) is 16.9 Å². The molecule has 4 unspecified atom stereocenters. The number of carbonyl (C=O) groups is 4. The molecule has 0 spiro atoms. The number of terminal acetylenes is 1. The highest BCUT2D eigenvalue weighted by molar-refractivity contribution is 5.93. The van der Waals surface area contributed by atoms with Crippen LogP contribution in [0.15, 0.2) is 24.3 Å². The van der Waals surface area contributed by atoms with Gasteiger partial charge in [0.2, 0.25) is 17.7 Å². The van der Waals surface area contributed by atoms with Crippen LogP contribution in [0, 0.1) is 18.3 Å². The lowest BCUT2D eigenvalue weighted by Gasteiger charge is -2.37. The monoisotopic (exact) mass is 512 g/mol. The molecule has 0 radical (unpaired) electrons. The summed E-state index contributed by atoms with van der Waals surface area (Å²) >= 11 is 0. The first kappa shape index (κ1) is 29.7. The number of nitrogens with one attached hydrogen (secondary N) is 2. The number of nitrogens with two attached hydrogens (primary N) is 1. The summed E-state index contributed by atoms with van der Waals surface area (Å²) in [6.07, 6.45) is 5.45. The molecule has 4 amide bonds. The van der Waals surface area contributed by atoms with Gasteiger partial charge in [0.25, 0.3) is 0 Å². The van der Waals surface area contributed by atoms with Gasteiger partial charge >= 0.3 is 6.09 Å². The van der Waals surface area contributed by atoms with E-state index in [1.54, 1.807) is 45.0 Å². The maximum absolute atomic E-state index is 14.1. The number of nitrogens with zero attached hydrogens (tertiary/aromatic N) is 1. The summed E-state index contributed by atoms with van der Waals surface area (Å²) in [6, 6.07) is 4.53. The highest BCUT2D eigenvalue weighted by Gasteiger charge is 2.49. The maximum atomic E-state index is 14.1. The number of primary amides is 1. The Balaban J connectivity index is 2.58. The van der Waals surface area contributed by atoms with Crippen LogP contribution >= 0.6 is 0 Å². The largest absolute Gasteiger partial charge is 0.444 e. The summed E-state index contributed by atoms with van der Waals surface area (Å²) in [6.45, 7) is 12.6. The van der Waals surface area contributed by atoms with Gasteiger partial charge in [-0.2, -0.15) is 0 Å². The Bertz CT molecular complexity index is 1060. The lowest BCUT2D eigenvalue weighted by Crippen LogP contribution is -2.55. The number of ether oxygens (including phenoxy) is 1.